The average Bonchev–Trinajstić information content (AvgIpc) is 2.57. The van der Waals surface area contributed by atoms with Crippen molar-refractivity contribution in [3.8, 4) is 0 Å². The van der Waals surface area contributed by atoms with Gasteiger partial charge in [0.1, 0.15) is 6.23 Å². The Labute approximate surface area is 147 Å². The highest BCUT2D eigenvalue weighted by atomic mass is 16.5. The van der Waals surface area contributed by atoms with Crippen LogP contribution in [0.15, 0.2) is 0 Å². The Morgan fingerprint density at radius 1 is 0.833 bits per heavy atom. The number of nitrogens with one attached hydrogen (secondary N) is 1. The molecule has 0 heterocycles. The normalized spacial score (nSPS) is 13.8. The molecule has 2 unspecified atom stereocenters. The molecular formula is C19H39NO4. The fraction of sp³-hybridized carbons (Fsp3) is 0.947. The lowest BCUT2D eigenvalue weighted by Crippen LogP contribution is -2.30. The van der Waals surface area contributed by atoms with Crippen LogP contribution in [0.25, 0.3) is 0 Å². The van der Waals surface area contributed by atoms with Gasteiger partial charge in [0.05, 0.1) is 5.92 Å². The fourth-order valence-electron chi connectivity index (χ4n) is 3.07. The minimum Gasteiger partial charge on any atom is -0.481 e. The van der Waals surface area contributed by atoms with Crippen LogP contribution in [0.1, 0.15) is 103 Å². The van der Waals surface area contributed by atoms with E-state index in [-0.39, 0.29) is 6.42 Å². The number of hydrogen-bond donors (Lipinski definition) is 4. The highest BCUT2D eigenvalue weighted by molar-refractivity contribution is 5.69. The van der Waals surface area contributed by atoms with Crippen LogP contribution < -0.4 is 5.48 Å². The van der Waals surface area contributed by atoms with Crippen molar-refractivity contribution in [3.05, 3.63) is 0 Å². The van der Waals surface area contributed by atoms with Gasteiger partial charge in [-0.15, -0.1) is 0 Å². The van der Waals surface area contributed by atoms with Gasteiger partial charge in [-0.3, -0.25) is 4.79 Å². The molecule has 0 saturated carbocycles. The van der Waals surface area contributed by atoms with Crippen LogP contribution in [-0.2, 0) is 4.79 Å². The number of unbranched alkanes of at least 4 members (excludes halogenated alkanes) is 12. The molecule has 0 aromatic carbocycles. The van der Waals surface area contributed by atoms with Gasteiger partial charge in [0, 0.05) is 6.42 Å². The lowest BCUT2D eigenvalue weighted by atomic mass is 9.96. The molecule has 0 fully saturated rings. The Kier molecular flexibility index (Phi) is 16.7. The predicted molar refractivity (Wildman–Crippen MR) is 97.0 cm³/mol. The van der Waals surface area contributed by atoms with E-state index in [4.69, 9.17) is 10.3 Å². The van der Waals surface area contributed by atoms with Gasteiger partial charge >= 0.3 is 5.97 Å². The van der Waals surface area contributed by atoms with Crippen LogP contribution in [0.3, 0.4) is 0 Å². The number of carboxylic acids is 1. The van der Waals surface area contributed by atoms with E-state index in [9.17, 15) is 9.90 Å². The van der Waals surface area contributed by atoms with Crippen LogP contribution in [0, 0.1) is 5.92 Å². The molecule has 0 aromatic rings. The number of rotatable bonds is 18. The highest BCUT2D eigenvalue weighted by Crippen LogP contribution is 2.17. The van der Waals surface area contributed by atoms with Crippen LogP contribution in [0.5, 0.6) is 0 Å². The van der Waals surface area contributed by atoms with Crippen molar-refractivity contribution >= 4 is 5.97 Å². The molecule has 0 amide bonds. The number of aliphatic hydroxyl groups excluding tert-OH is 1. The predicted octanol–water partition coefficient (Wildman–Crippen LogP) is 4.86. The molecule has 0 aromatic heterocycles. The second-order valence-electron chi connectivity index (χ2n) is 6.95. The maximum atomic E-state index is 11.1. The fourth-order valence-corrected chi connectivity index (χ4v) is 3.07. The molecular weight excluding hydrogens is 306 g/mol. The molecule has 0 spiro atoms. The first-order valence-corrected chi connectivity index (χ1v) is 9.92. The Hall–Kier alpha value is -0.650. The molecule has 0 aliphatic heterocycles. The first-order chi connectivity index (χ1) is 11.6. The van der Waals surface area contributed by atoms with Crippen molar-refractivity contribution in [1.29, 1.82) is 0 Å². The third kappa shape index (κ3) is 14.9. The van der Waals surface area contributed by atoms with Crippen LogP contribution in [-0.4, -0.2) is 27.6 Å². The van der Waals surface area contributed by atoms with Gasteiger partial charge in [0.2, 0.25) is 0 Å². The summed E-state index contributed by atoms with van der Waals surface area (Å²) in [6.45, 7) is 2.25. The highest BCUT2D eigenvalue weighted by Gasteiger charge is 2.20. The number of carboxylic acid groups (broad SMARTS) is 1. The van der Waals surface area contributed by atoms with Crippen molar-refractivity contribution in [3.63, 3.8) is 0 Å². The molecule has 0 aliphatic carbocycles. The van der Waals surface area contributed by atoms with Gasteiger partial charge in [-0.25, -0.2) is 0 Å². The number of hydroxylamine groups is 1. The summed E-state index contributed by atoms with van der Waals surface area (Å²) < 4.78 is 0. The first-order valence-electron chi connectivity index (χ1n) is 9.92. The van der Waals surface area contributed by atoms with E-state index in [1.54, 1.807) is 5.48 Å². The van der Waals surface area contributed by atoms with Crippen molar-refractivity contribution in [2.24, 2.45) is 5.92 Å². The second-order valence-corrected chi connectivity index (χ2v) is 6.95. The van der Waals surface area contributed by atoms with Crippen molar-refractivity contribution < 1.29 is 20.2 Å². The quantitative estimate of drug-likeness (QED) is 0.162. The minimum atomic E-state index is -1.16. The molecule has 0 saturated heterocycles. The van der Waals surface area contributed by atoms with E-state index in [1.165, 1.54) is 64.2 Å². The number of hydrogen-bond acceptors (Lipinski definition) is 4. The van der Waals surface area contributed by atoms with E-state index in [2.05, 4.69) is 6.92 Å². The van der Waals surface area contributed by atoms with E-state index in [1.807, 2.05) is 0 Å². The topological polar surface area (TPSA) is 89.8 Å². The summed E-state index contributed by atoms with van der Waals surface area (Å²) in [4.78, 5) is 11.1. The third-order valence-electron chi connectivity index (χ3n) is 4.66. The first kappa shape index (κ1) is 23.4. The Balaban J connectivity index is 3.38. The Bertz CT molecular complexity index is 287. The summed E-state index contributed by atoms with van der Waals surface area (Å²) in [6.07, 6.45) is 15.9. The molecule has 2 atom stereocenters. The molecule has 0 rings (SSSR count). The van der Waals surface area contributed by atoms with Crippen LogP contribution in [0.4, 0.5) is 0 Å². The number of aliphatic carboxylic acids is 1. The van der Waals surface area contributed by atoms with Crippen molar-refractivity contribution in [2.45, 2.75) is 109 Å². The molecule has 0 bridgehead atoms. The molecule has 0 aliphatic rings. The number of aliphatic hydroxyl groups is 1. The van der Waals surface area contributed by atoms with E-state index < -0.39 is 18.1 Å². The summed E-state index contributed by atoms with van der Waals surface area (Å²) >= 11 is 0. The molecule has 0 radical (unpaired) electrons. The van der Waals surface area contributed by atoms with Crippen LogP contribution >= 0.6 is 0 Å². The molecule has 144 valence electrons. The summed E-state index contributed by atoms with van der Waals surface area (Å²) in [5.41, 5.74) is 1.69. The summed E-state index contributed by atoms with van der Waals surface area (Å²) in [7, 11) is 0. The zero-order valence-corrected chi connectivity index (χ0v) is 15.5. The summed E-state index contributed by atoms with van der Waals surface area (Å²) in [6, 6.07) is 0. The van der Waals surface area contributed by atoms with Crippen molar-refractivity contribution in [1.82, 2.24) is 5.48 Å². The van der Waals surface area contributed by atoms with Gasteiger partial charge in [-0.05, 0) is 6.42 Å². The standard InChI is InChI=1S/C19H39NO4/c1-2-3-4-5-6-7-8-9-10-11-12-13-14-15-17(19(22)23)16-18(21)20-24/h17-18,20-21,24H,2-16H2,1H3,(H,22,23). The molecule has 5 heteroatoms. The summed E-state index contributed by atoms with van der Waals surface area (Å²) in [5.74, 6) is -1.49. The lowest BCUT2D eigenvalue weighted by Gasteiger charge is -2.15. The molecule has 4 N–H and O–H groups in total. The summed E-state index contributed by atoms with van der Waals surface area (Å²) in [5, 5.41) is 26.9. The molecule has 5 nitrogen and oxygen atoms in total. The third-order valence-corrected chi connectivity index (χ3v) is 4.66. The smallest absolute Gasteiger partial charge is 0.306 e. The van der Waals surface area contributed by atoms with E-state index in [0.717, 1.165) is 19.3 Å². The monoisotopic (exact) mass is 345 g/mol. The van der Waals surface area contributed by atoms with Crippen molar-refractivity contribution in [2.75, 3.05) is 0 Å². The van der Waals surface area contributed by atoms with Gasteiger partial charge in [-0.2, -0.15) is 5.48 Å². The SMILES string of the molecule is CCCCCCCCCCCCCCCC(CC(O)NO)C(=O)O. The van der Waals surface area contributed by atoms with E-state index in [0.29, 0.717) is 6.42 Å². The van der Waals surface area contributed by atoms with E-state index >= 15 is 0 Å². The van der Waals surface area contributed by atoms with Crippen LogP contribution in [0.2, 0.25) is 0 Å². The zero-order chi connectivity index (χ0) is 18.0. The van der Waals surface area contributed by atoms with Gasteiger partial charge < -0.3 is 15.4 Å². The largest absolute Gasteiger partial charge is 0.481 e. The maximum Gasteiger partial charge on any atom is 0.306 e. The van der Waals surface area contributed by atoms with Gasteiger partial charge in [0.15, 0.2) is 0 Å². The zero-order valence-electron chi connectivity index (χ0n) is 15.5. The minimum absolute atomic E-state index is 0.0457. The lowest BCUT2D eigenvalue weighted by molar-refractivity contribution is -0.144. The van der Waals surface area contributed by atoms with Gasteiger partial charge in [0.25, 0.3) is 0 Å². The average molecular weight is 346 g/mol. The maximum absolute atomic E-state index is 11.1. The van der Waals surface area contributed by atoms with Gasteiger partial charge in [-0.1, -0.05) is 90.4 Å². The molecule has 24 heavy (non-hydrogen) atoms. The second kappa shape index (κ2) is 17.2. The Morgan fingerprint density at radius 2 is 1.25 bits per heavy atom. The number of carbonyl (C=O) groups is 1. The Morgan fingerprint density at radius 3 is 1.62 bits per heavy atom.